The van der Waals surface area contributed by atoms with Crippen molar-refractivity contribution in [1.29, 1.82) is 0 Å². The van der Waals surface area contributed by atoms with Crippen LogP contribution < -0.4 is 10.9 Å². The number of nitrogens with one attached hydrogen (secondary N) is 1. The molecule has 2 rings (SSSR count). The molecule has 108 valence electrons. The third kappa shape index (κ3) is 3.05. The Hall–Kier alpha value is -1.73. The molecule has 20 heavy (non-hydrogen) atoms. The molecule has 7 heteroatoms. The fraction of sp³-hybridized carbons (Fsp3) is 0.462. The lowest BCUT2D eigenvalue weighted by Gasteiger charge is -2.23. The zero-order valence-electron chi connectivity index (χ0n) is 11.4. The summed E-state index contributed by atoms with van der Waals surface area (Å²) in [4.78, 5) is 28.8. The van der Waals surface area contributed by atoms with E-state index in [2.05, 4.69) is 10.3 Å². The van der Waals surface area contributed by atoms with Gasteiger partial charge in [-0.3, -0.25) is 14.0 Å². The zero-order valence-corrected chi connectivity index (χ0v) is 12.2. The predicted molar refractivity (Wildman–Crippen MR) is 77.2 cm³/mol. The molecule has 0 radical (unpaired) electrons. The maximum absolute atomic E-state index is 12.1. The van der Waals surface area contributed by atoms with Crippen LogP contribution in [0.3, 0.4) is 0 Å². The Bertz CT molecular complexity index is 675. The van der Waals surface area contributed by atoms with Crippen molar-refractivity contribution in [3.05, 3.63) is 33.7 Å². The summed E-state index contributed by atoms with van der Waals surface area (Å²) in [5, 5.41) is 13.4. The normalized spacial score (nSPS) is 11.8. The van der Waals surface area contributed by atoms with Gasteiger partial charge in [0.25, 0.3) is 11.5 Å². The largest absolute Gasteiger partial charge is 0.396 e. The first-order chi connectivity index (χ1) is 9.44. The Labute approximate surface area is 120 Å². The second-order valence-corrected chi connectivity index (χ2v) is 6.23. The molecule has 0 aliphatic heterocycles. The van der Waals surface area contributed by atoms with Gasteiger partial charge >= 0.3 is 0 Å². The van der Waals surface area contributed by atoms with Crippen molar-refractivity contribution >= 4 is 22.2 Å². The van der Waals surface area contributed by atoms with Crippen LogP contribution in [0.15, 0.2) is 22.6 Å². The molecule has 2 N–H and O–H groups in total. The molecular formula is C13H17N3O3S. The maximum Gasteiger partial charge on any atom is 0.271 e. The summed E-state index contributed by atoms with van der Waals surface area (Å²) in [6.45, 7) is 4.33. The number of amides is 1. The van der Waals surface area contributed by atoms with E-state index in [0.29, 0.717) is 17.9 Å². The predicted octanol–water partition coefficient (Wildman–Crippen LogP) is 0.894. The molecule has 0 aromatic carbocycles. The molecule has 2 aromatic rings. The van der Waals surface area contributed by atoms with Crippen molar-refractivity contribution in [1.82, 2.24) is 14.7 Å². The third-order valence-electron chi connectivity index (χ3n) is 3.10. The van der Waals surface area contributed by atoms with Gasteiger partial charge in [-0.25, -0.2) is 4.98 Å². The minimum atomic E-state index is -0.436. The van der Waals surface area contributed by atoms with Crippen molar-refractivity contribution in [3.63, 3.8) is 0 Å². The molecule has 0 saturated carbocycles. The average Bonchev–Trinajstić information content (AvgIpc) is 2.86. The van der Waals surface area contributed by atoms with Crippen LogP contribution >= 0.6 is 11.3 Å². The zero-order chi connectivity index (χ0) is 14.8. The van der Waals surface area contributed by atoms with Crippen molar-refractivity contribution in [3.8, 4) is 0 Å². The topological polar surface area (TPSA) is 83.7 Å². The minimum Gasteiger partial charge on any atom is -0.396 e. The highest BCUT2D eigenvalue weighted by atomic mass is 32.1. The number of nitrogens with zero attached hydrogens (tertiary/aromatic N) is 2. The minimum absolute atomic E-state index is 0.0284. The van der Waals surface area contributed by atoms with Gasteiger partial charge in [0.15, 0.2) is 4.96 Å². The van der Waals surface area contributed by atoms with Crippen LogP contribution in [0.2, 0.25) is 0 Å². The van der Waals surface area contributed by atoms with Gasteiger partial charge in [0.05, 0.1) is 0 Å². The highest BCUT2D eigenvalue weighted by Crippen LogP contribution is 2.18. The highest BCUT2D eigenvalue weighted by molar-refractivity contribution is 7.15. The van der Waals surface area contributed by atoms with Gasteiger partial charge in [-0.15, -0.1) is 11.3 Å². The monoisotopic (exact) mass is 295 g/mol. The lowest BCUT2D eigenvalue weighted by molar-refractivity contribution is 0.0926. The SMILES string of the molecule is CC(C)(CCO)CNC(=O)c1cnc2sccn2c1=O. The summed E-state index contributed by atoms with van der Waals surface area (Å²) in [6.07, 6.45) is 3.48. The standard InChI is InChI=1S/C13H17N3O3S/c1-13(2,3-5-17)8-15-10(18)9-7-14-12-16(11(9)19)4-6-20-12/h4,6-7,17H,3,5,8H2,1-2H3,(H,15,18). The van der Waals surface area contributed by atoms with E-state index in [1.807, 2.05) is 13.8 Å². The molecule has 0 fully saturated rings. The first-order valence-electron chi connectivity index (χ1n) is 6.28. The second kappa shape index (κ2) is 5.72. The van der Waals surface area contributed by atoms with Crippen LogP contribution in [-0.4, -0.2) is 33.6 Å². The molecular weight excluding hydrogens is 278 g/mol. The lowest BCUT2D eigenvalue weighted by atomic mass is 9.90. The van der Waals surface area contributed by atoms with Crippen LogP contribution in [-0.2, 0) is 0 Å². The number of hydrogen-bond donors (Lipinski definition) is 2. The number of aromatic nitrogens is 2. The molecule has 6 nitrogen and oxygen atoms in total. The summed E-state index contributed by atoms with van der Waals surface area (Å²) < 4.78 is 1.36. The Morgan fingerprint density at radius 3 is 3.00 bits per heavy atom. The van der Waals surface area contributed by atoms with Crippen molar-refractivity contribution in [2.24, 2.45) is 5.41 Å². The van der Waals surface area contributed by atoms with Gasteiger partial charge in [0.1, 0.15) is 5.56 Å². The van der Waals surface area contributed by atoms with E-state index in [1.165, 1.54) is 21.9 Å². The van der Waals surface area contributed by atoms with Crippen molar-refractivity contribution in [2.75, 3.05) is 13.2 Å². The molecule has 0 atom stereocenters. The van der Waals surface area contributed by atoms with E-state index in [0.717, 1.165) is 0 Å². The number of rotatable bonds is 5. The number of aliphatic hydroxyl groups is 1. The van der Waals surface area contributed by atoms with Crippen LogP contribution in [0.1, 0.15) is 30.6 Å². The van der Waals surface area contributed by atoms with E-state index >= 15 is 0 Å². The Morgan fingerprint density at radius 2 is 2.30 bits per heavy atom. The van der Waals surface area contributed by atoms with Gasteiger partial charge in [-0.05, 0) is 11.8 Å². The molecule has 0 saturated heterocycles. The maximum atomic E-state index is 12.1. The lowest BCUT2D eigenvalue weighted by Crippen LogP contribution is -2.37. The molecule has 0 spiro atoms. The summed E-state index contributed by atoms with van der Waals surface area (Å²) in [6, 6.07) is 0. The second-order valence-electron chi connectivity index (χ2n) is 5.35. The van der Waals surface area contributed by atoms with Gasteiger partial charge in [-0.2, -0.15) is 0 Å². The molecule has 2 aromatic heterocycles. The number of fused-ring (bicyclic) bond motifs is 1. The molecule has 0 unspecified atom stereocenters. The fourth-order valence-corrected chi connectivity index (χ4v) is 2.46. The van der Waals surface area contributed by atoms with E-state index in [4.69, 9.17) is 5.11 Å². The van der Waals surface area contributed by atoms with Gasteiger partial charge < -0.3 is 10.4 Å². The molecule has 0 bridgehead atoms. The van der Waals surface area contributed by atoms with Gasteiger partial charge in [0, 0.05) is 30.9 Å². The van der Waals surface area contributed by atoms with Gasteiger partial charge in [-0.1, -0.05) is 13.8 Å². The Balaban J connectivity index is 2.16. The highest BCUT2D eigenvalue weighted by Gasteiger charge is 2.20. The van der Waals surface area contributed by atoms with Crippen LogP contribution in [0, 0.1) is 5.41 Å². The quantitative estimate of drug-likeness (QED) is 0.858. The first-order valence-corrected chi connectivity index (χ1v) is 7.16. The smallest absolute Gasteiger partial charge is 0.271 e. The number of aliphatic hydroxyl groups excluding tert-OH is 1. The first kappa shape index (κ1) is 14.7. The Kier molecular flexibility index (Phi) is 4.20. The van der Waals surface area contributed by atoms with E-state index in [1.54, 1.807) is 11.6 Å². The number of hydrogen-bond acceptors (Lipinski definition) is 5. The molecule has 0 aliphatic rings. The van der Waals surface area contributed by atoms with Crippen molar-refractivity contribution in [2.45, 2.75) is 20.3 Å². The van der Waals surface area contributed by atoms with Crippen LogP contribution in [0.25, 0.3) is 4.96 Å². The molecule has 1 amide bonds. The fourth-order valence-electron chi connectivity index (χ4n) is 1.79. The number of carbonyl (C=O) groups is 1. The molecule has 2 heterocycles. The van der Waals surface area contributed by atoms with E-state index in [-0.39, 0.29) is 23.1 Å². The summed E-state index contributed by atoms with van der Waals surface area (Å²) >= 11 is 1.34. The van der Waals surface area contributed by atoms with E-state index in [9.17, 15) is 9.59 Å². The van der Waals surface area contributed by atoms with Crippen molar-refractivity contribution < 1.29 is 9.90 Å². The summed E-state index contributed by atoms with van der Waals surface area (Å²) in [7, 11) is 0. The summed E-state index contributed by atoms with van der Waals surface area (Å²) in [5.41, 5.74) is -0.560. The Morgan fingerprint density at radius 1 is 1.55 bits per heavy atom. The van der Waals surface area contributed by atoms with Gasteiger partial charge in [0.2, 0.25) is 0 Å². The average molecular weight is 295 g/mol. The summed E-state index contributed by atoms with van der Waals surface area (Å²) in [5.74, 6) is -0.436. The van der Waals surface area contributed by atoms with Crippen LogP contribution in [0.5, 0.6) is 0 Å². The third-order valence-corrected chi connectivity index (χ3v) is 3.87. The van der Waals surface area contributed by atoms with Crippen LogP contribution in [0.4, 0.5) is 0 Å². The number of thiazole rings is 1. The number of carbonyl (C=O) groups excluding carboxylic acids is 1. The molecule has 0 aliphatic carbocycles. The van der Waals surface area contributed by atoms with E-state index < -0.39 is 5.91 Å².